The van der Waals surface area contributed by atoms with Crippen molar-refractivity contribution < 1.29 is 14.4 Å². The summed E-state index contributed by atoms with van der Waals surface area (Å²) in [7, 11) is 0. The van der Waals surface area contributed by atoms with Gasteiger partial charge in [0.05, 0.1) is 5.41 Å². The Bertz CT molecular complexity index is 2210. The SMILES string of the molecule is Cc1noc(-c2ccc(-c3ccc(C4(C(=O)O)CC4)cc3)cc2)c1N(c1cccc(Cc2ccccc2)n1)c1cccc(Cc2ccccc2)n1. The summed E-state index contributed by atoms with van der Waals surface area (Å²) < 4.78 is 6.08. The molecule has 0 spiro atoms. The van der Waals surface area contributed by atoms with Gasteiger partial charge in [0.25, 0.3) is 0 Å². The van der Waals surface area contributed by atoms with Crippen molar-refractivity contribution in [1.29, 1.82) is 0 Å². The molecule has 51 heavy (non-hydrogen) atoms. The van der Waals surface area contributed by atoms with Gasteiger partial charge in [-0.25, -0.2) is 9.97 Å². The van der Waals surface area contributed by atoms with Crippen molar-refractivity contribution in [3.05, 3.63) is 179 Å². The summed E-state index contributed by atoms with van der Waals surface area (Å²) in [6, 6.07) is 48.9. The summed E-state index contributed by atoms with van der Waals surface area (Å²) in [5.41, 5.74) is 8.75. The molecule has 3 aromatic heterocycles. The number of aromatic nitrogens is 3. The third-order valence-corrected chi connectivity index (χ3v) is 9.63. The van der Waals surface area contributed by atoms with Gasteiger partial charge in [-0.2, -0.15) is 0 Å². The molecule has 250 valence electrons. The Kier molecular flexibility index (Phi) is 8.46. The third-order valence-electron chi connectivity index (χ3n) is 9.63. The fourth-order valence-electron chi connectivity index (χ4n) is 6.70. The van der Waals surface area contributed by atoms with Crippen molar-refractivity contribution in [3.63, 3.8) is 0 Å². The standard InChI is InChI=1S/C44H36N4O3/c1-30-41(42(51-47-30)35-20-18-33(19-21-35)34-22-24-36(25-23-34)44(26-27-44)43(49)50)48(39-16-8-14-37(45-39)28-31-10-4-2-5-11-31)40-17-9-15-38(46-40)29-32-12-6-3-7-13-32/h2-25H,26-29H2,1H3,(H,49,50). The lowest BCUT2D eigenvalue weighted by atomic mass is 9.93. The van der Waals surface area contributed by atoms with Gasteiger partial charge in [0.15, 0.2) is 5.76 Å². The van der Waals surface area contributed by atoms with Crippen LogP contribution in [0.25, 0.3) is 22.5 Å². The molecule has 0 radical (unpaired) electrons. The van der Waals surface area contributed by atoms with Gasteiger partial charge < -0.3 is 9.63 Å². The van der Waals surface area contributed by atoms with Crippen LogP contribution in [0, 0.1) is 6.92 Å². The van der Waals surface area contributed by atoms with E-state index in [1.54, 1.807) is 0 Å². The number of carboxylic acid groups (broad SMARTS) is 1. The summed E-state index contributed by atoms with van der Waals surface area (Å²) in [5, 5.41) is 14.2. The molecule has 1 fully saturated rings. The summed E-state index contributed by atoms with van der Waals surface area (Å²) >= 11 is 0. The van der Waals surface area contributed by atoms with E-state index in [0.29, 0.717) is 48.8 Å². The minimum atomic E-state index is -0.747. The van der Waals surface area contributed by atoms with Crippen molar-refractivity contribution in [1.82, 2.24) is 15.1 Å². The number of aliphatic carboxylic acids is 1. The van der Waals surface area contributed by atoms with Crippen molar-refractivity contribution >= 4 is 23.3 Å². The smallest absolute Gasteiger partial charge is 0.314 e. The molecule has 0 saturated heterocycles. The predicted molar refractivity (Wildman–Crippen MR) is 199 cm³/mol. The largest absolute Gasteiger partial charge is 0.481 e. The lowest BCUT2D eigenvalue weighted by Crippen LogP contribution is -2.19. The van der Waals surface area contributed by atoms with E-state index in [9.17, 15) is 9.90 Å². The Morgan fingerprint density at radius 2 is 1.14 bits per heavy atom. The van der Waals surface area contributed by atoms with Crippen molar-refractivity contribution in [2.24, 2.45) is 0 Å². The first-order valence-electron chi connectivity index (χ1n) is 17.2. The first-order valence-corrected chi connectivity index (χ1v) is 17.2. The number of carboxylic acids is 1. The average Bonchev–Trinajstić information content (AvgIpc) is 3.91. The molecule has 0 unspecified atom stereocenters. The van der Waals surface area contributed by atoms with Gasteiger partial charge in [0.1, 0.15) is 23.0 Å². The van der Waals surface area contributed by atoms with E-state index < -0.39 is 11.4 Å². The van der Waals surface area contributed by atoms with E-state index in [2.05, 4.69) is 41.6 Å². The van der Waals surface area contributed by atoms with Gasteiger partial charge in [-0.05, 0) is 71.8 Å². The van der Waals surface area contributed by atoms with Crippen LogP contribution in [0.1, 0.15) is 46.6 Å². The maximum Gasteiger partial charge on any atom is 0.314 e. The average molecular weight is 669 g/mol. The summed E-state index contributed by atoms with van der Waals surface area (Å²) in [6.45, 7) is 1.94. The molecular weight excluding hydrogens is 633 g/mol. The van der Waals surface area contributed by atoms with Crippen LogP contribution in [0.4, 0.5) is 17.3 Å². The molecule has 0 bridgehead atoms. The number of aryl methyl sites for hydroxylation is 1. The summed E-state index contributed by atoms with van der Waals surface area (Å²) in [5.74, 6) is 1.29. The molecule has 1 saturated carbocycles. The van der Waals surface area contributed by atoms with Crippen LogP contribution in [0.2, 0.25) is 0 Å². The van der Waals surface area contributed by atoms with Crippen LogP contribution < -0.4 is 4.90 Å². The van der Waals surface area contributed by atoms with Gasteiger partial charge in [-0.1, -0.05) is 126 Å². The highest BCUT2D eigenvalue weighted by Gasteiger charge is 2.51. The maximum atomic E-state index is 11.8. The monoisotopic (exact) mass is 668 g/mol. The zero-order valence-electron chi connectivity index (χ0n) is 28.2. The fourth-order valence-corrected chi connectivity index (χ4v) is 6.70. The second-order valence-electron chi connectivity index (χ2n) is 13.1. The minimum absolute atomic E-state index is 0.608. The number of benzene rings is 4. The number of pyridine rings is 2. The number of hydrogen-bond donors (Lipinski definition) is 1. The number of hydrogen-bond acceptors (Lipinski definition) is 6. The highest BCUT2D eigenvalue weighted by molar-refractivity contribution is 5.86. The predicted octanol–water partition coefficient (Wildman–Crippen LogP) is 9.87. The second-order valence-corrected chi connectivity index (χ2v) is 13.1. The zero-order valence-corrected chi connectivity index (χ0v) is 28.2. The molecule has 0 atom stereocenters. The van der Waals surface area contributed by atoms with Crippen LogP contribution in [0.15, 0.2) is 150 Å². The Morgan fingerprint density at radius 3 is 1.63 bits per heavy atom. The first-order chi connectivity index (χ1) is 25.0. The fraction of sp³-hybridized carbons (Fsp3) is 0.136. The summed E-state index contributed by atoms with van der Waals surface area (Å²) in [4.78, 5) is 24.2. The number of anilines is 3. The normalized spacial score (nSPS) is 13.1. The number of nitrogens with zero attached hydrogens (tertiary/aromatic N) is 4. The van der Waals surface area contributed by atoms with Crippen molar-refractivity contribution in [2.45, 2.75) is 38.0 Å². The third kappa shape index (κ3) is 6.54. The van der Waals surface area contributed by atoms with Gasteiger partial charge in [-0.3, -0.25) is 9.69 Å². The Morgan fingerprint density at radius 1 is 0.647 bits per heavy atom. The molecule has 7 nitrogen and oxygen atoms in total. The molecule has 7 heteroatoms. The Hall–Kier alpha value is -6.34. The van der Waals surface area contributed by atoms with Crippen molar-refractivity contribution in [2.75, 3.05) is 4.90 Å². The lowest BCUT2D eigenvalue weighted by molar-refractivity contribution is -0.140. The van der Waals surface area contributed by atoms with Gasteiger partial charge >= 0.3 is 5.97 Å². The minimum Gasteiger partial charge on any atom is -0.481 e. The molecule has 7 aromatic rings. The molecule has 1 aliphatic rings. The highest BCUT2D eigenvalue weighted by Crippen LogP contribution is 2.49. The number of rotatable bonds is 11. The first kappa shape index (κ1) is 31.9. The van der Waals surface area contributed by atoms with E-state index in [0.717, 1.165) is 39.3 Å². The van der Waals surface area contributed by atoms with Crippen molar-refractivity contribution in [3.8, 4) is 22.5 Å². The molecule has 1 N–H and O–H groups in total. The van der Waals surface area contributed by atoms with E-state index in [1.807, 2.05) is 121 Å². The molecule has 3 heterocycles. The van der Waals surface area contributed by atoms with Gasteiger partial charge in [0, 0.05) is 29.8 Å². The topological polar surface area (TPSA) is 92.3 Å². The molecule has 4 aromatic carbocycles. The summed E-state index contributed by atoms with van der Waals surface area (Å²) in [6.07, 6.45) is 2.76. The van der Waals surface area contributed by atoms with E-state index in [4.69, 9.17) is 14.5 Å². The van der Waals surface area contributed by atoms with E-state index in [-0.39, 0.29) is 0 Å². The lowest BCUT2D eigenvalue weighted by Gasteiger charge is -2.24. The van der Waals surface area contributed by atoms with Crippen LogP contribution in [-0.4, -0.2) is 26.2 Å². The maximum absolute atomic E-state index is 11.8. The molecular formula is C44H36N4O3. The second kappa shape index (κ2) is 13.5. The molecule has 1 aliphatic carbocycles. The van der Waals surface area contributed by atoms with Crippen LogP contribution in [0.5, 0.6) is 0 Å². The van der Waals surface area contributed by atoms with Crippen LogP contribution in [-0.2, 0) is 23.1 Å². The van der Waals surface area contributed by atoms with E-state index in [1.165, 1.54) is 11.1 Å². The zero-order chi connectivity index (χ0) is 34.8. The Balaban J connectivity index is 1.17. The molecule has 0 aliphatic heterocycles. The highest BCUT2D eigenvalue weighted by atomic mass is 16.5. The molecule has 8 rings (SSSR count). The van der Waals surface area contributed by atoms with Gasteiger partial charge in [0.2, 0.25) is 0 Å². The quantitative estimate of drug-likeness (QED) is 0.147. The Labute approximate surface area is 296 Å². The van der Waals surface area contributed by atoms with E-state index >= 15 is 0 Å². The molecule has 0 amide bonds. The number of carbonyl (C=O) groups is 1. The van der Waals surface area contributed by atoms with Crippen LogP contribution >= 0.6 is 0 Å². The van der Waals surface area contributed by atoms with Crippen LogP contribution in [0.3, 0.4) is 0 Å². The van der Waals surface area contributed by atoms with Gasteiger partial charge in [-0.15, -0.1) is 0 Å².